The maximum Gasteiger partial charge on any atom is 0.268 e. The zero-order valence-corrected chi connectivity index (χ0v) is 16.3. The van der Waals surface area contributed by atoms with E-state index in [-0.39, 0.29) is 31.5 Å². The molecule has 124 valence electrons. The van der Waals surface area contributed by atoms with E-state index in [9.17, 15) is 13.2 Å². The molecule has 10 heteroatoms. The molecule has 2 rings (SSSR count). The van der Waals surface area contributed by atoms with E-state index in [4.69, 9.17) is 27.9 Å². The molecule has 0 fully saturated rings. The van der Waals surface area contributed by atoms with Crippen LogP contribution in [0.1, 0.15) is 17.3 Å². The highest BCUT2D eigenvalue weighted by Crippen LogP contribution is 2.32. The Bertz CT molecular complexity index is 852. The van der Waals surface area contributed by atoms with Gasteiger partial charge in [0.1, 0.15) is 15.0 Å². The van der Waals surface area contributed by atoms with Crippen molar-refractivity contribution in [2.45, 2.75) is 11.8 Å². The SMILES string of the molecule is CCOc1ccc(Br)cc1S(=O)(=O)NC(=O)c1cc(Cl)sc1Cl. The lowest BCUT2D eigenvalue weighted by atomic mass is 10.3. The number of hydrogen-bond acceptors (Lipinski definition) is 5. The summed E-state index contributed by atoms with van der Waals surface area (Å²) in [5.41, 5.74) is -0.00167. The molecular formula is C13H10BrCl2NO4S2. The van der Waals surface area contributed by atoms with Crippen molar-refractivity contribution in [2.75, 3.05) is 6.61 Å². The summed E-state index contributed by atoms with van der Waals surface area (Å²) in [6, 6.07) is 5.80. The fraction of sp³-hybridized carbons (Fsp3) is 0.154. The molecule has 1 N–H and O–H groups in total. The maximum absolute atomic E-state index is 12.5. The molecule has 0 unspecified atom stereocenters. The van der Waals surface area contributed by atoms with Gasteiger partial charge in [-0.05, 0) is 31.2 Å². The molecule has 0 atom stereocenters. The first-order chi connectivity index (χ1) is 10.7. The molecule has 0 radical (unpaired) electrons. The largest absolute Gasteiger partial charge is 0.492 e. The van der Waals surface area contributed by atoms with E-state index in [0.29, 0.717) is 4.47 Å². The lowest BCUT2D eigenvalue weighted by Crippen LogP contribution is -2.30. The number of rotatable bonds is 5. The van der Waals surface area contributed by atoms with E-state index in [1.807, 2.05) is 4.72 Å². The summed E-state index contributed by atoms with van der Waals surface area (Å²) >= 11 is 15.8. The maximum atomic E-state index is 12.5. The standard InChI is InChI=1S/C13H10BrCl2NO4S2/c1-2-21-9-4-3-7(14)5-10(9)23(19,20)17-13(18)8-6-11(15)22-12(8)16/h3-6H,2H2,1H3,(H,17,18). The normalized spacial score (nSPS) is 11.3. The van der Waals surface area contributed by atoms with E-state index in [0.717, 1.165) is 11.3 Å². The third-order valence-corrected chi connectivity index (χ3v) is 5.96. The van der Waals surface area contributed by atoms with Gasteiger partial charge in [-0.3, -0.25) is 4.79 Å². The van der Waals surface area contributed by atoms with Gasteiger partial charge < -0.3 is 4.74 Å². The number of carbonyl (C=O) groups is 1. The highest BCUT2D eigenvalue weighted by Gasteiger charge is 2.25. The molecule has 1 aromatic carbocycles. The zero-order chi connectivity index (χ0) is 17.2. The van der Waals surface area contributed by atoms with Crippen LogP contribution < -0.4 is 9.46 Å². The van der Waals surface area contributed by atoms with E-state index < -0.39 is 15.9 Å². The third kappa shape index (κ3) is 4.39. The monoisotopic (exact) mass is 457 g/mol. The van der Waals surface area contributed by atoms with Crippen LogP contribution in [0.3, 0.4) is 0 Å². The highest BCUT2D eigenvalue weighted by molar-refractivity contribution is 9.10. The Morgan fingerprint density at radius 1 is 1.35 bits per heavy atom. The Labute approximate surface area is 155 Å². The summed E-state index contributed by atoms with van der Waals surface area (Å²) < 4.78 is 33.1. The van der Waals surface area contributed by atoms with Crippen LogP contribution in [-0.2, 0) is 10.0 Å². The molecular weight excluding hydrogens is 449 g/mol. The van der Waals surface area contributed by atoms with Gasteiger partial charge in [0, 0.05) is 4.47 Å². The van der Waals surface area contributed by atoms with Crippen LogP contribution in [0.4, 0.5) is 0 Å². The minimum absolute atomic E-state index is 0.00167. The minimum Gasteiger partial charge on any atom is -0.492 e. The number of sulfonamides is 1. The summed E-state index contributed by atoms with van der Waals surface area (Å²) in [5.74, 6) is -0.717. The molecule has 0 saturated carbocycles. The van der Waals surface area contributed by atoms with E-state index >= 15 is 0 Å². The Morgan fingerprint density at radius 3 is 2.61 bits per heavy atom. The number of halogens is 3. The van der Waals surface area contributed by atoms with Crippen LogP contribution >= 0.6 is 50.5 Å². The van der Waals surface area contributed by atoms with Gasteiger partial charge in [-0.1, -0.05) is 39.1 Å². The molecule has 1 amide bonds. The average Bonchev–Trinajstić information content (AvgIpc) is 2.79. The second-order valence-electron chi connectivity index (χ2n) is 4.20. The van der Waals surface area contributed by atoms with E-state index in [1.165, 1.54) is 18.2 Å². The summed E-state index contributed by atoms with van der Waals surface area (Å²) in [6.07, 6.45) is 0. The smallest absolute Gasteiger partial charge is 0.268 e. The summed E-state index contributed by atoms with van der Waals surface area (Å²) in [4.78, 5) is 12.0. The van der Waals surface area contributed by atoms with Crippen LogP contribution in [0.5, 0.6) is 5.75 Å². The molecule has 0 spiro atoms. The zero-order valence-electron chi connectivity index (χ0n) is 11.6. The first-order valence-electron chi connectivity index (χ1n) is 6.19. The molecule has 0 aliphatic rings. The van der Waals surface area contributed by atoms with Gasteiger partial charge in [-0.2, -0.15) is 0 Å². The summed E-state index contributed by atoms with van der Waals surface area (Å²) in [6.45, 7) is 2.01. The van der Waals surface area contributed by atoms with Crippen molar-refractivity contribution in [3.8, 4) is 5.75 Å². The molecule has 1 aromatic heterocycles. The average molecular weight is 459 g/mol. The Kier molecular flexibility index (Phi) is 5.96. The minimum atomic E-state index is -4.14. The quantitative estimate of drug-likeness (QED) is 0.723. The van der Waals surface area contributed by atoms with Gasteiger partial charge in [-0.25, -0.2) is 13.1 Å². The number of benzene rings is 1. The lowest BCUT2D eigenvalue weighted by molar-refractivity contribution is 0.0982. The van der Waals surface area contributed by atoms with Crippen molar-refractivity contribution >= 4 is 66.4 Å². The topological polar surface area (TPSA) is 72.5 Å². The molecule has 2 aromatic rings. The summed E-state index contributed by atoms with van der Waals surface area (Å²) in [5, 5.41) is 0. The highest BCUT2D eigenvalue weighted by atomic mass is 79.9. The molecule has 0 aliphatic heterocycles. The lowest BCUT2D eigenvalue weighted by Gasteiger charge is -2.12. The number of amides is 1. The second-order valence-corrected chi connectivity index (χ2v) is 9.05. The Hall–Kier alpha value is -0.800. The van der Waals surface area contributed by atoms with Crippen molar-refractivity contribution < 1.29 is 17.9 Å². The van der Waals surface area contributed by atoms with Crippen LogP contribution in [-0.4, -0.2) is 20.9 Å². The fourth-order valence-electron chi connectivity index (χ4n) is 1.69. The summed E-state index contributed by atoms with van der Waals surface area (Å²) in [7, 11) is -4.14. The molecule has 0 saturated heterocycles. The number of hydrogen-bond donors (Lipinski definition) is 1. The predicted octanol–water partition coefficient (Wildman–Crippen LogP) is 4.33. The van der Waals surface area contributed by atoms with Gasteiger partial charge in [0.05, 0.1) is 16.5 Å². The Morgan fingerprint density at radius 2 is 2.04 bits per heavy atom. The molecule has 23 heavy (non-hydrogen) atoms. The number of ether oxygens (including phenoxy) is 1. The number of thiophene rings is 1. The van der Waals surface area contributed by atoms with Crippen LogP contribution in [0, 0.1) is 0 Å². The van der Waals surface area contributed by atoms with Gasteiger partial charge >= 0.3 is 0 Å². The first kappa shape index (κ1) is 18.5. The fourth-order valence-corrected chi connectivity index (χ4v) is 4.80. The second kappa shape index (κ2) is 7.40. The first-order valence-corrected chi connectivity index (χ1v) is 10.0. The molecule has 0 aliphatic carbocycles. The van der Waals surface area contributed by atoms with Crippen molar-refractivity contribution in [1.29, 1.82) is 0 Å². The predicted molar refractivity (Wildman–Crippen MR) is 94.3 cm³/mol. The third-order valence-electron chi connectivity index (χ3n) is 2.62. The van der Waals surface area contributed by atoms with Crippen LogP contribution in [0.15, 0.2) is 33.6 Å². The van der Waals surface area contributed by atoms with Crippen molar-refractivity contribution in [3.05, 3.63) is 43.0 Å². The van der Waals surface area contributed by atoms with Gasteiger partial charge in [-0.15, -0.1) is 11.3 Å². The van der Waals surface area contributed by atoms with Gasteiger partial charge in [0.15, 0.2) is 0 Å². The van der Waals surface area contributed by atoms with Gasteiger partial charge in [0.2, 0.25) is 0 Å². The van der Waals surface area contributed by atoms with E-state index in [2.05, 4.69) is 15.9 Å². The van der Waals surface area contributed by atoms with E-state index in [1.54, 1.807) is 13.0 Å². The van der Waals surface area contributed by atoms with Crippen molar-refractivity contribution in [3.63, 3.8) is 0 Å². The molecule has 0 bridgehead atoms. The molecule has 5 nitrogen and oxygen atoms in total. The van der Waals surface area contributed by atoms with Crippen LogP contribution in [0.25, 0.3) is 0 Å². The van der Waals surface area contributed by atoms with Crippen molar-refractivity contribution in [2.24, 2.45) is 0 Å². The number of carbonyl (C=O) groups excluding carboxylic acids is 1. The van der Waals surface area contributed by atoms with Gasteiger partial charge in [0.25, 0.3) is 15.9 Å². The Balaban J connectivity index is 2.37. The number of nitrogens with one attached hydrogen (secondary N) is 1. The molecule has 1 heterocycles. The van der Waals surface area contributed by atoms with Crippen LogP contribution in [0.2, 0.25) is 8.67 Å². The van der Waals surface area contributed by atoms with Crippen molar-refractivity contribution in [1.82, 2.24) is 4.72 Å².